The second-order valence-corrected chi connectivity index (χ2v) is 10.2. The number of carbonyl (C=O) groups excluding carboxylic acids is 1. The number of halogens is 1. The van der Waals surface area contributed by atoms with Gasteiger partial charge in [0.1, 0.15) is 5.82 Å². The third-order valence-corrected chi connectivity index (χ3v) is 7.35. The summed E-state index contributed by atoms with van der Waals surface area (Å²) in [6.45, 7) is 4.73. The summed E-state index contributed by atoms with van der Waals surface area (Å²) < 4.78 is 2.16. The summed E-state index contributed by atoms with van der Waals surface area (Å²) in [5, 5.41) is 3.81. The van der Waals surface area contributed by atoms with Gasteiger partial charge in [0, 0.05) is 34.4 Å². The molecule has 0 aliphatic carbocycles. The fourth-order valence-corrected chi connectivity index (χ4v) is 5.21. The summed E-state index contributed by atoms with van der Waals surface area (Å²) >= 11 is 8.08. The van der Waals surface area contributed by atoms with E-state index in [0.29, 0.717) is 22.6 Å². The van der Waals surface area contributed by atoms with Gasteiger partial charge in [-0.3, -0.25) is 14.8 Å². The quantitative estimate of drug-likeness (QED) is 0.233. The van der Waals surface area contributed by atoms with Gasteiger partial charge in [-0.25, -0.2) is 4.98 Å². The van der Waals surface area contributed by atoms with E-state index < -0.39 is 0 Å². The van der Waals surface area contributed by atoms with Crippen LogP contribution in [0.2, 0.25) is 5.02 Å². The van der Waals surface area contributed by atoms with Crippen molar-refractivity contribution in [1.29, 1.82) is 0 Å². The van der Waals surface area contributed by atoms with Crippen LogP contribution >= 0.6 is 23.4 Å². The van der Waals surface area contributed by atoms with Gasteiger partial charge >= 0.3 is 0 Å². The maximum atomic E-state index is 13.2. The number of benzene rings is 3. The molecule has 2 heterocycles. The highest BCUT2D eigenvalue weighted by atomic mass is 35.5. The lowest BCUT2D eigenvalue weighted by Gasteiger charge is -2.17. The van der Waals surface area contributed by atoms with E-state index in [1.807, 2.05) is 49.0 Å². The summed E-state index contributed by atoms with van der Waals surface area (Å²) in [5.74, 6) is 1.66. The Balaban J connectivity index is 1.48. The molecule has 6 nitrogen and oxygen atoms in total. The van der Waals surface area contributed by atoms with Crippen molar-refractivity contribution in [2.24, 2.45) is 0 Å². The first-order chi connectivity index (χ1) is 17.5. The molecule has 0 aliphatic rings. The van der Waals surface area contributed by atoms with E-state index in [-0.39, 0.29) is 11.9 Å². The molecule has 0 radical (unpaired) electrons. The van der Waals surface area contributed by atoms with Gasteiger partial charge in [-0.05, 0) is 73.2 Å². The van der Waals surface area contributed by atoms with Crippen LogP contribution in [-0.4, -0.2) is 31.2 Å². The minimum absolute atomic E-state index is 0.185. The molecule has 8 heteroatoms. The minimum Gasteiger partial charge on any atom is -0.342 e. The van der Waals surface area contributed by atoms with E-state index in [4.69, 9.17) is 16.6 Å². The van der Waals surface area contributed by atoms with Gasteiger partial charge in [0.2, 0.25) is 0 Å². The Bertz CT molecular complexity index is 1550. The van der Waals surface area contributed by atoms with Crippen LogP contribution in [0.15, 0.2) is 78.0 Å². The van der Waals surface area contributed by atoms with Crippen LogP contribution in [0.3, 0.4) is 0 Å². The topological polar surface area (TPSA) is 72.7 Å². The van der Waals surface area contributed by atoms with Crippen LogP contribution in [0.5, 0.6) is 0 Å². The number of amides is 1. The highest BCUT2D eigenvalue weighted by molar-refractivity contribution is 7.99. The molecule has 5 rings (SSSR count). The lowest BCUT2D eigenvalue weighted by molar-refractivity contribution is 0.0938. The van der Waals surface area contributed by atoms with Crippen LogP contribution in [0.4, 0.5) is 0 Å². The molecule has 0 saturated carbocycles. The normalized spacial score (nSPS) is 12.2. The first-order valence-electron chi connectivity index (χ1n) is 11.9. The molecule has 182 valence electrons. The van der Waals surface area contributed by atoms with Gasteiger partial charge in [0.05, 0.1) is 28.1 Å². The molecule has 1 amide bonds. The fraction of sp³-hybridized carbons (Fsp3) is 0.214. The van der Waals surface area contributed by atoms with Crippen molar-refractivity contribution in [1.82, 2.24) is 24.8 Å². The lowest BCUT2D eigenvalue weighted by atomic mass is 10.1. The van der Waals surface area contributed by atoms with E-state index in [1.54, 1.807) is 24.5 Å². The average molecular weight is 516 g/mol. The van der Waals surface area contributed by atoms with Crippen LogP contribution in [0.1, 0.15) is 48.1 Å². The molecular formula is C28H26ClN5OS. The molecule has 0 bridgehead atoms. The maximum Gasteiger partial charge on any atom is 0.251 e. The fourth-order valence-electron chi connectivity index (χ4n) is 4.20. The van der Waals surface area contributed by atoms with Crippen molar-refractivity contribution < 1.29 is 4.79 Å². The standard InChI is InChI=1S/C28H26ClN5OS/c1-3-13-36-22-8-10-26-25(16-22)33-27(34(26)17-19-5-4-6-21(29)14-19)18(2)32-28(35)20-7-9-23-24(15-20)31-12-11-30-23/h4-12,14-16,18H,3,13,17H2,1-2H3,(H,32,35). The predicted molar refractivity (Wildman–Crippen MR) is 147 cm³/mol. The monoisotopic (exact) mass is 515 g/mol. The smallest absolute Gasteiger partial charge is 0.251 e. The van der Waals surface area contributed by atoms with E-state index in [0.717, 1.165) is 40.1 Å². The number of aromatic nitrogens is 4. The molecule has 5 aromatic rings. The largest absolute Gasteiger partial charge is 0.342 e. The van der Waals surface area contributed by atoms with Gasteiger partial charge in [0.15, 0.2) is 0 Å². The molecular weight excluding hydrogens is 490 g/mol. The number of thioether (sulfide) groups is 1. The molecule has 1 atom stereocenters. The Morgan fingerprint density at radius 2 is 1.86 bits per heavy atom. The summed E-state index contributed by atoms with van der Waals surface area (Å²) in [4.78, 5) is 27.9. The summed E-state index contributed by atoms with van der Waals surface area (Å²) in [6.07, 6.45) is 4.37. The third kappa shape index (κ3) is 5.22. The maximum absolute atomic E-state index is 13.2. The van der Waals surface area contributed by atoms with Crippen molar-refractivity contribution >= 4 is 51.3 Å². The number of fused-ring (bicyclic) bond motifs is 2. The summed E-state index contributed by atoms with van der Waals surface area (Å²) in [7, 11) is 0. The second kappa shape index (κ2) is 10.7. The number of nitrogens with zero attached hydrogens (tertiary/aromatic N) is 4. The van der Waals surface area contributed by atoms with E-state index in [1.165, 1.54) is 4.90 Å². The van der Waals surface area contributed by atoms with E-state index in [2.05, 4.69) is 45.0 Å². The molecule has 1 N–H and O–H groups in total. The van der Waals surface area contributed by atoms with Crippen molar-refractivity contribution in [3.05, 3.63) is 95.0 Å². The Morgan fingerprint density at radius 3 is 2.67 bits per heavy atom. The Kier molecular flexibility index (Phi) is 7.20. The number of hydrogen-bond acceptors (Lipinski definition) is 5. The number of carbonyl (C=O) groups is 1. The van der Waals surface area contributed by atoms with Gasteiger partial charge in [-0.2, -0.15) is 0 Å². The summed E-state index contributed by atoms with van der Waals surface area (Å²) in [5.41, 5.74) is 4.97. The van der Waals surface area contributed by atoms with Gasteiger partial charge < -0.3 is 9.88 Å². The van der Waals surface area contributed by atoms with Crippen LogP contribution in [0, 0.1) is 0 Å². The van der Waals surface area contributed by atoms with Crippen LogP contribution in [0.25, 0.3) is 22.1 Å². The first kappa shape index (κ1) is 24.3. The molecule has 3 aromatic carbocycles. The van der Waals surface area contributed by atoms with Crippen molar-refractivity contribution in [2.45, 2.75) is 37.8 Å². The number of nitrogens with one attached hydrogen (secondary N) is 1. The first-order valence-corrected chi connectivity index (χ1v) is 13.3. The number of hydrogen-bond donors (Lipinski definition) is 1. The van der Waals surface area contributed by atoms with Crippen molar-refractivity contribution in [2.75, 3.05) is 5.75 Å². The highest BCUT2D eigenvalue weighted by Gasteiger charge is 2.20. The van der Waals surface area contributed by atoms with E-state index in [9.17, 15) is 4.79 Å². The molecule has 1 unspecified atom stereocenters. The molecule has 0 saturated heterocycles. The zero-order valence-corrected chi connectivity index (χ0v) is 21.7. The Labute approximate surface area is 219 Å². The Morgan fingerprint density at radius 1 is 1.03 bits per heavy atom. The molecule has 0 aliphatic heterocycles. The molecule has 0 spiro atoms. The molecule has 0 fully saturated rings. The molecule has 36 heavy (non-hydrogen) atoms. The highest BCUT2D eigenvalue weighted by Crippen LogP contribution is 2.28. The average Bonchev–Trinajstić information content (AvgIpc) is 3.24. The summed E-state index contributed by atoms with van der Waals surface area (Å²) in [6, 6.07) is 19.2. The van der Waals surface area contributed by atoms with E-state index >= 15 is 0 Å². The minimum atomic E-state index is -0.326. The van der Waals surface area contributed by atoms with Gasteiger partial charge in [-0.15, -0.1) is 11.8 Å². The number of imidazole rings is 1. The van der Waals surface area contributed by atoms with Crippen molar-refractivity contribution in [3.8, 4) is 0 Å². The van der Waals surface area contributed by atoms with Crippen LogP contribution < -0.4 is 5.32 Å². The predicted octanol–water partition coefficient (Wildman–Crippen LogP) is 6.67. The zero-order chi connectivity index (χ0) is 25.1. The van der Waals surface area contributed by atoms with Gasteiger partial charge in [-0.1, -0.05) is 30.7 Å². The molecule has 2 aromatic heterocycles. The Hall–Kier alpha value is -3.42. The SMILES string of the molecule is CCCSc1ccc2c(c1)nc(C(C)NC(=O)c1ccc3nccnc3c1)n2Cc1cccc(Cl)c1. The van der Waals surface area contributed by atoms with Crippen molar-refractivity contribution in [3.63, 3.8) is 0 Å². The second-order valence-electron chi connectivity index (χ2n) is 8.64. The van der Waals surface area contributed by atoms with Gasteiger partial charge in [0.25, 0.3) is 5.91 Å². The van der Waals surface area contributed by atoms with Crippen LogP contribution in [-0.2, 0) is 6.54 Å². The zero-order valence-electron chi connectivity index (χ0n) is 20.1. The lowest BCUT2D eigenvalue weighted by Crippen LogP contribution is -2.28. The third-order valence-electron chi connectivity index (χ3n) is 5.92. The number of rotatable bonds is 8.